The molecule has 0 fully saturated rings. The van der Waals surface area contributed by atoms with Gasteiger partial charge in [0.2, 0.25) is 10.0 Å². The highest BCUT2D eigenvalue weighted by molar-refractivity contribution is 9.10. The van der Waals surface area contributed by atoms with E-state index >= 15 is 0 Å². The van der Waals surface area contributed by atoms with Crippen molar-refractivity contribution < 1.29 is 8.42 Å². The van der Waals surface area contributed by atoms with E-state index in [0.29, 0.717) is 0 Å². The van der Waals surface area contributed by atoms with Crippen molar-refractivity contribution in [2.45, 2.75) is 11.4 Å². The lowest BCUT2D eigenvalue weighted by Gasteiger charge is -2.08. The normalized spacial score (nSPS) is 11.6. The molecule has 124 valence electrons. The fraction of sp³-hybridized carbons (Fsp3) is 0.125. The minimum Gasteiger partial charge on any atom is -0.268 e. The largest absolute Gasteiger partial charge is 0.268 e. The van der Waals surface area contributed by atoms with Crippen LogP contribution in [0.4, 0.5) is 0 Å². The van der Waals surface area contributed by atoms with Crippen molar-refractivity contribution in [2.75, 3.05) is 0 Å². The maximum absolute atomic E-state index is 12.3. The summed E-state index contributed by atoms with van der Waals surface area (Å²) in [5.41, 5.74) is 2.57. The second-order valence-corrected chi connectivity index (χ2v) is 7.88. The summed E-state index contributed by atoms with van der Waals surface area (Å²) in [6.07, 6.45) is 5.08. The molecule has 0 spiro atoms. The van der Waals surface area contributed by atoms with Crippen molar-refractivity contribution in [3.63, 3.8) is 0 Å². The fourth-order valence-electron chi connectivity index (χ4n) is 2.26. The first-order chi connectivity index (χ1) is 11.5. The van der Waals surface area contributed by atoms with Gasteiger partial charge in [0.15, 0.2) is 0 Å². The maximum atomic E-state index is 12.3. The molecule has 1 aromatic carbocycles. The highest BCUT2D eigenvalue weighted by Crippen LogP contribution is 2.19. The number of benzene rings is 1. The van der Waals surface area contributed by atoms with Gasteiger partial charge in [-0.05, 0) is 42.0 Å². The summed E-state index contributed by atoms with van der Waals surface area (Å²) in [5, 5.41) is 4.13. The molecule has 6 nitrogen and oxygen atoms in total. The van der Waals surface area contributed by atoms with Gasteiger partial charge in [-0.15, -0.1) is 0 Å². The molecule has 24 heavy (non-hydrogen) atoms. The molecule has 2 heterocycles. The van der Waals surface area contributed by atoms with Gasteiger partial charge in [0.05, 0.1) is 10.6 Å². The zero-order chi connectivity index (χ0) is 17.2. The predicted octanol–water partition coefficient (Wildman–Crippen LogP) is 2.72. The Hall–Kier alpha value is -2.03. The lowest BCUT2D eigenvalue weighted by atomic mass is 10.1. The Balaban J connectivity index is 1.77. The average Bonchev–Trinajstić information content (AvgIpc) is 3.00. The van der Waals surface area contributed by atoms with E-state index in [2.05, 4.69) is 30.7 Å². The SMILES string of the molecule is Cn1nccc1-c1cncc(CNS(=O)(=O)c2ccc(Br)cc2)c1. The molecule has 2 aromatic heterocycles. The Kier molecular flexibility index (Phi) is 4.79. The van der Waals surface area contributed by atoms with E-state index in [1.807, 2.05) is 19.2 Å². The van der Waals surface area contributed by atoms with Crippen molar-refractivity contribution in [2.24, 2.45) is 7.05 Å². The van der Waals surface area contributed by atoms with Gasteiger partial charge >= 0.3 is 0 Å². The predicted molar refractivity (Wildman–Crippen MR) is 94.6 cm³/mol. The lowest BCUT2D eigenvalue weighted by molar-refractivity contribution is 0.581. The molecular formula is C16H15BrN4O2S. The first-order valence-electron chi connectivity index (χ1n) is 7.13. The van der Waals surface area contributed by atoms with Gasteiger partial charge in [0.25, 0.3) is 0 Å². The molecule has 8 heteroatoms. The van der Waals surface area contributed by atoms with Crippen molar-refractivity contribution >= 4 is 26.0 Å². The smallest absolute Gasteiger partial charge is 0.240 e. The Labute approximate surface area is 148 Å². The lowest BCUT2D eigenvalue weighted by Crippen LogP contribution is -2.23. The number of aromatic nitrogens is 3. The third-order valence-corrected chi connectivity index (χ3v) is 5.45. The van der Waals surface area contributed by atoms with E-state index in [4.69, 9.17) is 0 Å². The first-order valence-corrected chi connectivity index (χ1v) is 9.41. The van der Waals surface area contributed by atoms with Crippen molar-refractivity contribution in [3.8, 4) is 11.3 Å². The minimum atomic E-state index is -3.57. The highest BCUT2D eigenvalue weighted by atomic mass is 79.9. The summed E-state index contributed by atoms with van der Waals surface area (Å²) >= 11 is 3.29. The number of sulfonamides is 1. The zero-order valence-electron chi connectivity index (χ0n) is 12.8. The first kappa shape index (κ1) is 16.8. The molecule has 0 saturated heterocycles. The number of pyridine rings is 1. The van der Waals surface area contributed by atoms with Crippen LogP contribution >= 0.6 is 15.9 Å². The molecule has 0 saturated carbocycles. The second kappa shape index (κ2) is 6.84. The van der Waals surface area contributed by atoms with E-state index < -0.39 is 10.0 Å². The summed E-state index contributed by atoms with van der Waals surface area (Å²) in [4.78, 5) is 4.41. The molecule has 3 rings (SSSR count). The maximum Gasteiger partial charge on any atom is 0.240 e. The van der Waals surface area contributed by atoms with Crippen LogP contribution in [0.1, 0.15) is 5.56 Å². The Morgan fingerprint density at radius 2 is 1.92 bits per heavy atom. The van der Waals surface area contributed by atoms with Gasteiger partial charge in [0, 0.05) is 42.2 Å². The second-order valence-electron chi connectivity index (χ2n) is 5.20. The van der Waals surface area contributed by atoms with Gasteiger partial charge in [-0.1, -0.05) is 15.9 Å². The van der Waals surface area contributed by atoms with Crippen LogP contribution < -0.4 is 4.72 Å². The number of hydrogen-bond acceptors (Lipinski definition) is 4. The van der Waals surface area contributed by atoms with Crippen LogP contribution in [0.15, 0.2) is 64.4 Å². The van der Waals surface area contributed by atoms with Crippen LogP contribution in [-0.4, -0.2) is 23.2 Å². The van der Waals surface area contributed by atoms with Crippen molar-refractivity contribution in [3.05, 3.63) is 65.0 Å². The van der Waals surface area contributed by atoms with E-state index in [9.17, 15) is 8.42 Å². The average molecular weight is 407 g/mol. The Morgan fingerprint density at radius 1 is 1.17 bits per heavy atom. The van der Waals surface area contributed by atoms with Crippen LogP contribution in [0.5, 0.6) is 0 Å². The van der Waals surface area contributed by atoms with Gasteiger partial charge in [-0.25, -0.2) is 13.1 Å². The van der Waals surface area contributed by atoms with Gasteiger partial charge < -0.3 is 0 Å². The van der Waals surface area contributed by atoms with Gasteiger partial charge in [-0.2, -0.15) is 5.10 Å². The number of nitrogens with zero attached hydrogens (tertiary/aromatic N) is 3. The topological polar surface area (TPSA) is 76.9 Å². The standard InChI is InChI=1S/C16H15BrN4O2S/c1-21-16(6-7-19-21)13-8-12(9-18-11-13)10-20-24(22,23)15-4-2-14(17)3-5-15/h2-9,11,20H,10H2,1H3. The third kappa shape index (κ3) is 3.72. The molecule has 1 N–H and O–H groups in total. The summed E-state index contributed by atoms with van der Waals surface area (Å²) in [7, 11) is -1.72. The molecule has 0 aliphatic rings. The fourth-order valence-corrected chi connectivity index (χ4v) is 3.54. The van der Waals surface area contributed by atoms with Crippen LogP contribution in [0, 0.1) is 0 Å². The van der Waals surface area contributed by atoms with E-state index in [1.165, 1.54) is 0 Å². The molecule has 0 amide bonds. The number of halogens is 1. The number of hydrogen-bond donors (Lipinski definition) is 1. The van der Waals surface area contributed by atoms with E-state index in [-0.39, 0.29) is 11.4 Å². The molecule has 0 aliphatic heterocycles. The summed E-state index contributed by atoms with van der Waals surface area (Å²) in [5.74, 6) is 0. The Bertz CT molecular complexity index is 952. The number of rotatable bonds is 5. The monoisotopic (exact) mass is 406 g/mol. The minimum absolute atomic E-state index is 0.164. The number of nitrogens with one attached hydrogen (secondary N) is 1. The number of aryl methyl sites for hydroxylation is 1. The zero-order valence-corrected chi connectivity index (χ0v) is 15.3. The molecule has 0 radical (unpaired) electrons. The van der Waals surface area contributed by atoms with Gasteiger partial charge in [-0.3, -0.25) is 9.67 Å². The molecule has 3 aromatic rings. The molecule has 0 aliphatic carbocycles. The van der Waals surface area contributed by atoms with E-state index in [0.717, 1.165) is 21.3 Å². The summed E-state index contributed by atoms with van der Waals surface area (Å²) in [6, 6.07) is 10.3. The quantitative estimate of drug-likeness (QED) is 0.706. The third-order valence-electron chi connectivity index (χ3n) is 3.50. The van der Waals surface area contributed by atoms with Gasteiger partial charge in [0.1, 0.15) is 0 Å². The van der Waals surface area contributed by atoms with Crippen molar-refractivity contribution in [1.29, 1.82) is 0 Å². The van der Waals surface area contributed by atoms with Crippen LogP contribution in [0.2, 0.25) is 0 Å². The summed E-state index contributed by atoms with van der Waals surface area (Å²) in [6.45, 7) is 0.164. The Morgan fingerprint density at radius 3 is 2.58 bits per heavy atom. The molecule has 0 atom stereocenters. The molecule has 0 bridgehead atoms. The highest BCUT2D eigenvalue weighted by Gasteiger charge is 2.14. The molecular weight excluding hydrogens is 392 g/mol. The van der Waals surface area contributed by atoms with E-state index in [1.54, 1.807) is 47.5 Å². The summed E-state index contributed by atoms with van der Waals surface area (Å²) < 4.78 is 29.8. The van der Waals surface area contributed by atoms with Crippen LogP contribution in [0.3, 0.4) is 0 Å². The molecule has 0 unspecified atom stereocenters. The van der Waals surface area contributed by atoms with Crippen molar-refractivity contribution in [1.82, 2.24) is 19.5 Å². The van der Waals surface area contributed by atoms with Crippen LogP contribution in [-0.2, 0) is 23.6 Å². The van der Waals surface area contributed by atoms with Crippen LogP contribution in [0.25, 0.3) is 11.3 Å².